The predicted octanol–water partition coefficient (Wildman–Crippen LogP) is 3.36. The van der Waals surface area contributed by atoms with Crippen molar-refractivity contribution in [2.75, 3.05) is 20.3 Å². The van der Waals surface area contributed by atoms with Crippen molar-refractivity contribution in [3.05, 3.63) is 39.1 Å². The van der Waals surface area contributed by atoms with Gasteiger partial charge in [0.15, 0.2) is 5.75 Å². The lowest BCUT2D eigenvalue weighted by Crippen LogP contribution is -2.45. The number of rotatable bonds is 10. The average Bonchev–Trinajstić information content (AvgIpc) is 2.70. The smallest absolute Gasteiger partial charge is 0.338 e. The highest BCUT2D eigenvalue weighted by Gasteiger charge is 2.34. The minimum atomic E-state index is -0.945. The summed E-state index contributed by atoms with van der Waals surface area (Å²) in [5.41, 5.74) is 0.458. The average molecular weight is 421 g/mol. The molecule has 0 aliphatic carbocycles. The number of hydrogen-bond donors (Lipinski definition) is 2. The van der Waals surface area contributed by atoms with Crippen molar-refractivity contribution < 1.29 is 28.7 Å². The molecule has 2 amide bonds. The number of nitrogens with zero attached hydrogens (tertiary/aromatic N) is 1. The van der Waals surface area contributed by atoms with E-state index in [0.29, 0.717) is 17.9 Å². The Balaban J connectivity index is 2.52. The maximum atomic E-state index is 12.5. The number of esters is 1. The number of hydrogen-bond acceptors (Lipinski definition) is 7. The second-order valence-corrected chi connectivity index (χ2v) is 6.67. The van der Waals surface area contributed by atoms with Crippen LogP contribution in [0, 0.1) is 10.1 Å². The van der Waals surface area contributed by atoms with E-state index in [4.69, 9.17) is 14.2 Å². The number of carbonyl (C=O) groups is 2. The zero-order chi connectivity index (χ0) is 22.3. The Labute approximate surface area is 174 Å². The lowest BCUT2D eigenvalue weighted by Gasteiger charge is -2.28. The van der Waals surface area contributed by atoms with Gasteiger partial charge in [0.05, 0.1) is 36.9 Å². The fourth-order valence-electron chi connectivity index (χ4n) is 3.16. The minimum Gasteiger partial charge on any atom is -0.493 e. The molecule has 10 nitrogen and oxygen atoms in total. The molecular formula is C20H27N3O7. The van der Waals surface area contributed by atoms with Gasteiger partial charge in [0, 0.05) is 11.8 Å². The molecule has 164 valence electrons. The summed E-state index contributed by atoms with van der Waals surface area (Å²) in [6.45, 7) is 5.72. The van der Waals surface area contributed by atoms with E-state index in [1.807, 2.05) is 6.92 Å². The van der Waals surface area contributed by atoms with Crippen LogP contribution in [0.25, 0.3) is 0 Å². The summed E-state index contributed by atoms with van der Waals surface area (Å²) in [6.07, 6.45) is 2.67. The Bertz CT molecular complexity index is 851. The molecule has 1 aromatic rings. The molecule has 2 N–H and O–H groups in total. The molecule has 1 aromatic carbocycles. The second-order valence-electron chi connectivity index (χ2n) is 6.67. The maximum absolute atomic E-state index is 12.5. The van der Waals surface area contributed by atoms with Gasteiger partial charge in [-0.1, -0.05) is 19.8 Å². The summed E-state index contributed by atoms with van der Waals surface area (Å²) in [5.74, 6) is -0.473. The Morgan fingerprint density at radius 2 is 2.00 bits per heavy atom. The molecule has 0 bridgehead atoms. The molecule has 1 heterocycles. The van der Waals surface area contributed by atoms with Crippen LogP contribution in [0.2, 0.25) is 0 Å². The SMILES string of the molecule is CCCCCOc1c(OC)cc(C2NC(=O)NC(C)=C2C(=O)OCC)cc1[N+](=O)[O-]. The molecule has 0 fully saturated rings. The Kier molecular flexibility index (Phi) is 8.02. The van der Waals surface area contributed by atoms with Crippen LogP contribution in [0.4, 0.5) is 10.5 Å². The van der Waals surface area contributed by atoms with Crippen molar-refractivity contribution in [2.45, 2.75) is 46.1 Å². The van der Waals surface area contributed by atoms with E-state index >= 15 is 0 Å². The third kappa shape index (κ3) is 5.19. The lowest BCUT2D eigenvalue weighted by atomic mass is 9.94. The van der Waals surface area contributed by atoms with Crippen LogP contribution >= 0.6 is 0 Å². The zero-order valence-electron chi connectivity index (χ0n) is 17.6. The molecule has 0 saturated carbocycles. The van der Waals surface area contributed by atoms with E-state index in [-0.39, 0.29) is 29.4 Å². The topological polar surface area (TPSA) is 129 Å². The summed E-state index contributed by atoms with van der Waals surface area (Å²) in [6, 6.07) is 1.32. The normalized spacial score (nSPS) is 15.9. The van der Waals surface area contributed by atoms with E-state index < -0.39 is 23.0 Å². The van der Waals surface area contributed by atoms with Crippen molar-refractivity contribution in [3.63, 3.8) is 0 Å². The molecule has 1 aliphatic rings. The number of ether oxygens (including phenoxy) is 3. The first-order valence-electron chi connectivity index (χ1n) is 9.78. The van der Waals surface area contributed by atoms with E-state index in [1.165, 1.54) is 19.2 Å². The van der Waals surface area contributed by atoms with Gasteiger partial charge in [-0.05, 0) is 31.9 Å². The number of unbranched alkanes of at least 4 members (excludes halogenated alkanes) is 2. The lowest BCUT2D eigenvalue weighted by molar-refractivity contribution is -0.386. The van der Waals surface area contributed by atoms with Crippen LogP contribution in [0.3, 0.4) is 0 Å². The number of urea groups is 1. The molecule has 2 rings (SSSR count). The molecule has 0 radical (unpaired) electrons. The number of nitro groups is 1. The van der Waals surface area contributed by atoms with Crippen LogP contribution < -0.4 is 20.1 Å². The second kappa shape index (κ2) is 10.5. The van der Waals surface area contributed by atoms with Crippen LogP contribution in [-0.2, 0) is 9.53 Å². The number of allylic oxidation sites excluding steroid dienone is 1. The molecule has 0 spiro atoms. The number of methoxy groups -OCH3 is 1. The van der Waals surface area contributed by atoms with Crippen molar-refractivity contribution in [1.29, 1.82) is 0 Å². The minimum absolute atomic E-state index is 0.0148. The van der Waals surface area contributed by atoms with Crippen molar-refractivity contribution in [2.24, 2.45) is 0 Å². The van der Waals surface area contributed by atoms with Crippen LogP contribution in [0.5, 0.6) is 11.5 Å². The summed E-state index contributed by atoms with van der Waals surface area (Å²) >= 11 is 0. The molecule has 0 saturated heterocycles. The highest BCUT2D eigenvalue weighted by molar-refractivity contribution is 5.95. The number of amides is 2. The van der Waals surface area contributed by atoms with E-state index in [2.05, 4.69) is 10.6 Å². The van der Waals surface area contributed by atoms with Gasteiger partial charge in [-0.3, -0.25) is 10.1 Å². The van der Waals surface area contributed by atoms with Gasteiger partial charge in [-0.25, -0.2) is 9.59 Å². The van der Waals surface area contributed by atoms with Gasteiger partial charge < -0.3 is 24.8 Å². The molecular weight excluding hydrogens is 394 g/mol. The Morgan fingerprint density at radius 3 is 2.60 bits per heavy atom. The highest BCUT2D eigenvalue weighted by Crippen LogP contribution is 2.41. The van der Waals surface area contributed by atoms with Crippen LogP contribution in [0.1, 0.15) is 51.6 Å². The highest BCUT2D eigenvalue weighted by atomic mass is 16.6. The summed E-state index contributed by atoms with van der Waals surface area (Å²) in [7, 11) is 1.37. The summed E-state index contributed by atoms with van der Waals surface area (Å²) in [4.78, 5) is 35.7. The molecule has 10 heteroatoms. The monoisotopic (exact) mass is 421 g/mol. The van der Waals surface area contributed by atoms with Gasteiger partial charge in [-0.15, -0.1) is 0 Å². The molecule has 1 aliphatic heterocycles. The molecule has 0 aromatic heterocycles. The van der Waals surface area contributed by atoms with Crippen LogP contribution in [0.15, 0.2) is 23.4 Å². The first-order valence-corrected chi connectivity index (χ1v) is 9.78. The van der Waals surface area contributed by atoms with Crippen molar-refractivity contribution in [3.8, 4) is 11.5 Å². The first kappa shape index (κ1) is 23.0. The fourth-order valence-corrected chi connectivity index (χ4v) is 3.16. The molecule has 1 unspecified atom stereocenters. The van der Waals surface area contributed by atoms with Gasteiger partial charge in [0.25, 0.3) is 0 Å². The van der Waals surface area contributed by atoms with Gasteiger partial charge in [0.1, 0.15) is 0 Å². The Morgan fingerprint density at radius 1 is 1.27 bits per heavy atom. The van der Waals surface area contributed by atoms with Crippen molar-refractivity contribution >= 4 is 17.7 Å². The third-order valence-corrected chi connectivity index (χ3v) is 4.57. The van der Waals surface area contributed by atoms with E-state index in [1.54, 1.807) is 13.8 Å². The summed E-state index contributed by atoms with van der Waals surface area (Å²) in [5, 5.41) is 16.9. The molecule has 1 atom stereocenters. The van der Waals surface area contributed by atoms with Gasteiger partial charge in [0.2, 0.25) is 5.75 Å². The van der Waals surface area contributed by atoms with E-state index in [0.717, 1.165) is 19.3 Å². The zero-order valence-corrected chi connectivity index (χ0v) is 17.6. The number of nitrogens with one attached hydrogen (secondary N) is 2. The van der Waals surface area contributed by atoms with Crippen molar-refractivity contribution in [1.82, 2.24) is 10.6 Å². The maximum Gasteiger partial charge on any atom is 0.338 e. The number of benzene rings is 1. The fraction of sp³-hybridized carbons (Fsp3) is 0.500. The van der Waals surface area contributed by atoms with Gasteiger partial charge in [-0.2, -0.15) is 0 Å². The van der Waals surface area contributed by atoms with Crippen LogP contribution in [-0.4, -0.2) is 37.2 Å². The number of nitro benzene ring substituents is 1. The Hall–Kier alpha value is -3.30. The number of carbonyl (C=O) groups excluding carboxylic acids is 2. The quantitative estimate of drug-likeness (QED) is 0.256. The largest absolute Gasteiger partial charge is 0.493 e. The first-order chi connectivity index (χ1) is 14.3. The van der Waals surface area contributed by atoms with Gasteiger partial charge >= 0.3 is 17.7 Å². The van der Waals surface area contributed by atoms with E-state index in [9.17, 15) is 19.7 Å². The standard InChI is InChI=1S/C20H27N3O7/c1-5-7-8-9-30-18-14(23(26)27)10-13(11-15(18)28-4)17-16(19(24)29-6-2)12(3)21-20(25)22-17/h10-11,17H,5-9H2,1-4H3,(H2,21,22,25). The third-order valence-electron chi connectivity index (χ3n) is 4.57. The molecule has 30 heavy (non-hydrogen) atoms. The summed E-state index contributed by atoms with van der Waals surface area (Å²) < 4.78 is 16.1. The predicted molar refractivity (Wildman–Crippen MR) is 108 cm³/mol.